The van der Waals surface area contributed by atoms with Crippen molar-refractivity contribution in [1.82, 2.24) is 4.90 Å². The predicted octanol–water partition coefficient (Wildman–Crippen LogP) is 4.10. The Bertz CT molecular complexity index is 1060. The molecule has 1 atom stereocenters. The molecule has 5 heteroatoms. The molecule has 1 heterocycles. The highest BCUT2D eigenvalue weighted by atomic mass is 16.5. The Kier molecular flexibility index (Phi) is 7.43. The summed E-state index contributed by atoms with van der Waals surface area (Å²) in [6, 6.07) is 23.0. The van der Waals surface area contributed by atoms with Gasteiger partial charge in [0.25, 0.3) is 0 Å². The Morgan fingerprint density at radius 3 is 2.21 bits per heavy atom. The molecule has 0 saturated carbocycles. The highest BCUT2D eigenvalue weighted by Gasteiger charge is 2.20. The number of hydrogen-bond acceptors (Lipinski definition) is 5. The number of nitrogens with zero attached hydrogens (tertiary/aromatic N) is 2. The van der Waals surface area contributed by atoms with E-state index in [0.717, 1.165) is 26.2 Å². The number of carbonyl (C=O) groups excluding carboxylic acids is 1. The summed E-state index contributed by atoms with van der Waals surface area (Å²) >= 11 is 0. The van der Waals surface area contributed by atoms with Crippen LogP contribution in [0, 0.1) is 13.8 Å². The van der Waals surface area contributed by atoms with Gasteiger partial charge in [-0.1, -0.05) is 36.4 Å². The van der Waals surface area contributed by atoms with Crippen LogP contribution in [-0.2, 0) is 0 Å². The van der Waals surface area contributed by atoms with Gasteiger partial charge in [-0.05, 0) is 61.4 Å². The van der Waals surface area contributed by atoms with Crippen molar-refractivity contribution in [2.75, 3.05) is 44.2 Å². The van der Waals surface area contributed by atoms with Crippen molar-refractivity contribution < 1.29 is 14.6 Å². The summed E-state index contributed by atoms with van der Waals surface area (Å²) in [6.45, 7) is 8.84. The van der Waals surface area contributed by atoms with Gasteiger partial charge in [0.15, 0.2) is 5.78 Å². The second kappa shape index (κ2) is 10.6. The van der Waals surface area contributed by atoms with E-state index in [-0.39, 0.29) is 12.4 Å². The Balaban J connectivity index is 1.21. The SMILES string of the molecule is Cc1ccc(N2CCN(C[C@H](O)COc3ccc(C(=O)c4ccccc4)cc3)CC2)cc1C. The largest absolute Gasteiger partial charge is 0.491 e. The number of aryl methyl sites for hydroxylation is 2. The third kappa shape index (κ3) is 6.01. The zero-order chi connectivity index (χ0) is 23.2. The van der Waals surface area contributed by atoms with E-state index in [0.29, 0.717) is 23.4 Å². The fourth-order valence-electron chi connectivity index (χ4n) is 4.11. The molecule has 3 aromatic rings. The van der Waals surface area contributed by atoms with Gasteiger partial charge in [-0.15, -0.1) is 0 Å². The monoisotopic (exact) mass is 444 g/mol. The molecule has 1 fully saturated rings. The van der Waals surface area contributed by atoms with Crippen LogP contribution in [0.25, 0.3) is 0 Å². The molecule has 33 heavy (non-hydrogen) atoms. The van der Waals surface area contributed by atoms with Crippen molar-refractivity contribution >= 4 is 11.5 Å². The fourth-order valence-corrected chi connectivity index (χ4v) is 4.11. The number of benzene rings is 3. The molecular formula is C28H32N2O3. The molecule has 0 aromatic heterocycles. The van der Waals surface area contributed by atoms with E-state index in [9.17, 15) is 9.90 Å². The maximum atomic E-state index is 12.5. The molecule has 0 aliphatic carbocycles. The third-order valence-corrected chi connectivity index (χ3v) is 6.29. The summed E-state index contributed by atoms with van der Waals surface area (Å²) in [5.74, 6) is 0.639. The van der Waals surface area contributed by atoms with Crippen molar-refractivity contribution in [1.29, 1.82) is 0 Å². The molecular weight excluding hydrogens is 412 g/mol. The van der Waals surface area contributed by atoms with Gasteiger partial charge in [0.05, 0.1) is 0 Å². The standard InChI is InChI=1S/C28H32N2O3/c1-21-8-11-25(18-22(21)2)30-16-14-29(15-17-30)19-26(31)20-33-27-12-9-24(10-13-27)28(32)23-6-4-3-5-7-23/h3-13,18,26,31H,14-17,19-20H2,1-2H3/t26-/m0/s1. The number of anilines is 1. The van der Waals surface area contributed by atoms with Gasteiger partial charge >= 0.3 is 0 Å². The van der Waals surface area contributed by atoms with Crippen LogP contribution in [-0.4, -0.2) is 61.2 Å². The molecule has 0 radical (unpaired) electrons. The Morgan fingerprint density at radius 1 is 0.879 bits per heavy atom. The molecule has 1 aliphatic rings. The van der Waals surface area contributed by atoms with Crippen molar-refractivity contribution in [2.24, 2.45) is 0 Å². The fraction of sp³-hybridized carbons (Fsp3) is 0.321. The minimum atomic E-state index is -0.566. The van der Waals surface area contributed by atoms with Crippen molar-refractivity contribution in [2.45, 2.75) is 20.0 Å². The topological polar surface area (TPSA) is 53.0 Å². The van der Waals surface area contributed by atoms with Crippen LogP contribution in [0.2, 0.25) is 0 Å². The molecule has 1 N–H and O–H groups in total. The van der Waals surface area contributed by atoms with Crippen LogP contribution < -0.4 is 9.64 Å². The van der Waals surface area contributed by atoms with Crippen LogP contribution in [0.3, 0.4) is 0 Å². The average molecular weight is 445 g/mol. The number of ketones is 1. The van der Waals surface area contributed by atoms with Crippen LogP contribution >= 0.6 is 0 Å². The quantitative estimate of drug-likeness (QED) is 0.530. The Morgan fingerprint density at radius 2 is 1.55 bits per heavy atom. The minimum Gasteiger partial charge on any atom is -0.491 e. The molecule has 1 saturated heterocycles. The Labute approximate surface area is 196 Å². The Hall–Kier alpha value is -3.15. The summed E-state index contributed by atoms with van der Waals surface area (Å²) in [4.78, 5) is 17.2. The normalized spacial score (nSPS) is 15.3. The van der Waals surface area contributed by atoms with Gasteiger partial charge < -0.3 is 14.7 Å². The van der Waals surface area contributed by atoms with Crippen molar-refractivity contribution in [3.8, 4) is 5.75 Å². The highest BCUT2D eigenvalue weighted by Crippen LogP contribution is 2.20. The zero-order valence-corrected chi connectivity index (χ0v) is 19.4. The van der Waals surface area contributed by atoms with E-state index in [1.807, 2.05) is 30.3 Å². The number of hydrogen-bond donors (Lipinski definition) is 1. The van der Waals surface area contributed by atoms with E-state index in [2.05, 4.69) is 41.8 Å². The maximum absolute atomic E-state index is 12.5. The lowest BCUT2D eigenvalue weighted by Gasteiger charge is -2.37. The molecule has 0 amide bonds. The molecule has 4 rings (SSSR count). The minimum absolute atomic E-state index is 0.0119. The molecule has 0 bridgehead atoms. The molecule has 3 aromatic carbocycles. The van der Waals surface area contributed by atoms with Crippen LogP contribution in [0.1, 0.15) is 27.0 Å². The molecule has 5 nitrogen and oxygen atoms in total. The first-order valence-electron chi connectivity index (χ1n) is 11.5. The molecule has 1 aliphatic heterocycles. The first-order valence-corrected chi connectivity index (χ1v) is 11.5. The summed E-state index contributed by atoms with van der Waals surface area (Å²) in [5, 5.41) is 10.5. The van der Waals surface area contributed by atoms with E-state index in [1.54, 1.807) is 24.3 Å². The second-order valence-electron chi connectivity index (χ2n) is 8.74. The smallest absolute Gasteiger partial charge is 0.193 e. The van der Waals surface area contributed by atoms with E-state index >= 15 is 0 Å². The van der Waals surface area contributed by atoms with E-state index in [1.165, 1.54) is 16.8 Å². The van der Waals surface area contributed by atoms with Gasteiger partial charge in [0.2, 0.25) is 0 Å². The summed E-state index contributed by atoms with van der Waals surface area (Å²) in [7, 11) is 0. The van der Waals surface area contributed by atoms with Gasteiger partial charge in [0, 0.05) is 49.5 Å². The second-order valence-corrected chi connectivity index (χ2v) is 8.74. The lowest BCUT2D eigenvalue weighted by Crippen LogP contribution is -2.49. The third-order valence-electron chi connectivity index (χ3n) is 6.29. The zero-order valence-electron chi connectivity index (χ0n) is 19.4. The number of aliphatic hydroxyl groups is 1. The number of aliphatic hydroxyl groups excluding tert-OH is 1. The van der Waals surface area contributed by atoms with Crippen LogP contribution in [0.5, 0.6) is 5.75 Å². The lowest BCUT2D eigenvalue weighted by atomic mass is 10.0. The first-order chi connectivity index (χ1) is 16.0. The molecule has 0 spiro atoms. The van der Waals surface area contributed by atoms with Crippen molar-refractivity contribution in [3.05, 3.63) is 95.1 Å². The van der Waals surface area contributed by atoms with Crippen LogP contribution in [0.15, 0.2) is 72.8 Å². The highest BCUT2D eigenvalue weighted by molar-refractivity contribution is 6.08. The van der Waals surface area contributed by atoms with Crippen LogP contribution in [0.4, 0.5) is 5.69 Å². The number of carbonyl (C=O) groups is 1. The molecule has 0 unspecified atom stereocenters. The van der Waals surface area contributed by atoms with Crippen molar-refractivity contribution in [3.63, 3.8) is 0 Å². The number of piperazine rings is 1. The van der Waals surface area contributed by atoms with E-state index < -0.39 is 6.10 Å². The van der Waals surface area contributed by atoms with Gasteiger partial charge in [-0.2, -0.15) is 0 Å². The average Bonchev–Trinajstić information content (AvgIpc) is 2.85. The molecule has 172 valence electrons. The summed E-state index contributed by atoms with van der Waals surface area (Å²) in [5.41, 5.74) is 5.20. The first kappa shape index (κ1) is 23.0. The lowest BCUT2D eigenvalue weighted by molar-refractivity contribution is 0.0663. The summed E-state index contributed by atoms with van der Waals surface area (Å²) < 4.78 is 5.77. The van der Waals surface area contributed by atoms with Gasteiger partial charge in [-0.3, -0.25) is 9.69 Å². The number of ether oxygens (including phenoxy) is 1. The number of rotatable bonds is 8. The predicted molar refractivity (Wildman–Crippen MR) is 132 cm³/mol. The maximum Gasteiger partial charge on any atom is 0.193 e. The van der Waals surface area contributed by atoms with E-state index in [4.69, 9.17) is 4.74 Å². The summed E-state index contributed by atoms with van der Waals surface area (Å²) in [6.07, 6.45) is -0.566. The van der Waals surface area contributed by atoms with Gasteiger partial charge in [-0.25, -0.2) is 0 Å². The number of β-amino-alcohol motifs (C(OH)–C–C–N with tert-alkyl or cyclic N) is 1. The van der Waals surface area contributed by atoms with Gasteiger partial charge in [0.1, 0.15) is 18.5 Å².